The molecule has 0 amide bonds. The van der Waals surface area contributed by atoms with Gasteiger partial charge in [-0.2, -0.15) is 0 Å². The highest BCUT2D eigenvalue weighted by Crippen LogP contribution is 2.13. The van der Waals surface area contributed by atoms with Crippen LogP contribution in [-0.2, 0) is 9.84 Å². The van der Waals surface area contributed by atoms with Crippen molar-refractivity contribution in [3.8, 4) is 5.75 Å². The Morgan fingerprint density at radius 2 is 2.09 bits per heavy atom. The molecule has 0 aromatic heterocycles. The number of benzene rings is 1. The van der Waals surface area contributed by atoms with Crippen molar-refractivity contribution in [1.82, 2.24) is 10.6 Å². The lowest BCUT2D eigenvalue weighted by Gasteiger charge is -2.18. The molecule has 0 saturated carbocycles. The van der Waals surface area contributed by atoms with Crippen LogP contribution in [0.25, 0.3) is 0 Å². The molecule has 1 aromatic carbocycles. The molecule has 0 aliphatic rings. The predicted octanol–water partition coefficient (Wildman–Crippen LogP) is 0.972. The molecule has 0 saturated heterocycles. The summed E-state index contributed by atoms with van der Waals surface area (Å²) in [4.78, 5) is 4.04. The van der Waals surface area contributed by atoms with Gasteiger partial charge >= 0.3 is 0 Å². The Balaban J connectivity index is 2.36. The van der Waals surface area contributed by atoms with Crippen LogP contribution in [0.4, 0.5) is 0 Å². The fourth-order valence-electron chi connectivity index (χ4n) is 1.78. The van der Waals surface area contributed by atoms with Crippen LogP contribution < -0.4 is 15.4 Å². The molecular weight excluding hydrogens is 302 g/mol. The molecular formula is C15H25N3O3S. The van der Waals surface area contributed by atoms with Crippen molar-refractivity contribution in [2.75, 3.05) is 32.1 Å². The van der Waals surface area contributed by atoms with Crippen LogP contribution in [-0.4, -0.2) is 52.6 Å². The highest BCUT2D eigenvalue weighted by molar-refractivity contribution is 7.90. The highest BCUT2D eigenvalue weighted by Gasteiger charge is 2.07. The second kappa shape index (κ2) is 8.63. The van der Waals surface area contributed by atoms with Crippen molar-refractivity contribution in [3.63, 3.8) is 0 Å². The Labute approximate surface area is 132 Å². The summed E-state index contributed by atoms with van der Waals surface area (Å²) < 4.78 is 28.0. The van der Waals surface area contributed by atoms with Crippen molar-refractivity contribution in [3.05, 3.63) is 29.8 Å². The van der Waals surface area contributed by atoms with Crippen LogP contribution in [0.1, 0.15) is 12.5 Å². The normalized spacial score (nSPS) is 13.5. The summed E-state index contributed by atoms with van der Waals surface area (Å²) in [7, 11) is -1.33. The van der Waals surface area contributed by atoms with E-state index in [0.717, 1.165) is 11.3 Å². The van der Waals surface area contributed by atoms with Crippen LogP contribution in [0.2, 0.25) is 0 Å². The Morgan fingerprint density at radius 1 is 1.36 bits per heavy atom. The van der Waals surface area contributed by atoms with E-state index in [0.29, 0.717) is 19.0 Å². The van der Waals surface area contributed by atoms with Gasteiger partial charge in [0.15, 0.2) is 5.96 Å². The molecule has 124 valence electrons. The number of nitrogens with zero attached hydrogens (tertiary/aromatic N) is 1. The predicted molar refractivity (Wildman–Crippen MR) is 90.3 cm³/mol. The topological polar surface area (TPSA) is 79.8 Å². The van der Waals surface area contributed by atoms with Gasteiger partial charge in [0.1, 0.15) is 21.7 Å². The minimum Gasteiger partial charge on any atom is -0.489 e. The Morgan fingerprint density at radius 3 is 2.68 bits per heavy atom. The Bertz CT molecular complexity index is 600. The molecule has 1 aromatic rings. The summed E-state index contributed by atoms with van der Waals surface area (Å²) in [5, 5.41) is 6.07. The van der Waals surface area contributed by atoms with Crippen LogP contribution in [0.3, 0.4) is 0 Å². The first-order chi connectivity index (χ1) is 10.3. The Kier molecular flexibility index (Phi) is 7.17. The van der Waals surface area contributed by atoms with Crippen LogP contribution in [0, 0.1) is 6.92 Å². The zero-order valence-electron chi connectivity index (χ0n) is 13.6. The van der Waals surface area contributed by atoms with Crippen molar-refractivity contribution in [1.29, 1.82) is 0 Å². The lowest BCUT2D eigenvalue weighted by molar-refractivity contribution is 0.223. The van der Waals surface area contributed by atoms with Crippen molar-refractivity contribution in [2.45, 2.75) is 20.0 Å². The molecule has 0 spiro atoms. The number of guanidine groups is 1. The van der Waals surface area contributed by atoms with Crippen LogP contribution in [0.15, 0.2) is 29.3 Å². The fourth-order valence-corrected chi connectivity index (χ4v) is 2.25. The number of ether oxygens (including phenoxy) is 1. The number of aliphatic imine (C=N–C) groups is 1. The van der Waals surface area contributed by atoms with E-state index >= 15 is 0 Å². The monoisotopic (exact) mass is 327 g/mol. The zero-order chi connectivity index (χ0) is 16.6. The Hall–Kier alpha value is -1.76. The van der Waals surface area contributed by atoms with Crippen LogP contribution >= 0.6 is 0 Å². The molecule has 1 rings (SSSR count). The number of nitrogens with one attached hydrogen (secondary N) is 2. The molecule has 0 aliphatic heterocycles. The second-order valence-electron chi connectivity index (χ2n) is 5.25. The highest BCUT2D eigenvalue weighted by atomic mass is 32.2. The summed E-state index contributed by atoms with van der Waals surface area (Å²) in [5.74, 6) is 1.46. The third-order valence-electron chi connectivity index (χ3n) is 2.87. The third-order valence-corrected chi connectivity index (χ3v) is 3.82. The lowest BCUT2D eigenvalue weighted by atomic mass is 10.2. The van der Waals surface area contributed by atoms with E-state index in [1.807, 2.05) is 38.1 Å². The maximum Gasteiger partial charge on any atom is 0.191 e. The van der Waals surface area contributed by atoms with Gasteiger partial charge in [-0.15, -0.1) is 0 Å². The van der Waals surface area contributed by atoms with E-state index in [1.165, 1.54) is 6.26 Å². The van der Waals surface area contributed by atoms with Gasteiger partial charge in [-0.05, 0) is 31.5 Å². The number of rotatable bonds is 7. The number of aryl methyl sites for hydroxylation is 1. The van der Waals surface area contributed by atoms with E-state index in [2.05, 4.69) is 15.6 Å². The van der Waals surface area contributed by atoms with Crippen molar-refractivity contribution in [2.24, 2.45) is 4.99 Å². The van der Waals surface area contributed by atoms with Gasteiger partial charge in [0.2, 0.25) is 0 Å². The maximum absolute atomic E-state index is 11.1. The molecule has 0 bridgehead atoms. The maximum atomic E-state index is 11.1. The summed E-state index contributed by atoms with van der Waals surface area (Å²) in [6, 6.07) is 7.87. The minimum atomic E-state index is -2.97. The average molecular weight is 327 g/mol. The molecule has 0 radical (unpaired) electrons. The molecule has 1 atom stereocenters. The second-order valence-corrected chi connectivity index (χ2v) is 7.51. The molecule has 0 heterocycles. The van der Waals surface area contributed by atoms with Gasteiger partial charge in [0.25, 0.3) is 0 Å². The summed E-state index contributed by atoms with van der Waals surface area (Å²) in [5.41, 5.74) is 1.15. The zero-order valence-corrected chi connectivity index (χ0v) is 14.4. The lowest BCUT2D eigenvalue weighted by Crippen LogP contribution is -2.43. The SMILES string of the molecule is CN=C(NCCS(C)(=O)=O)NCC(C)Oc1cccc(C)c1. The minimum absolute atomic E-state index is 0.0461. The first-order valence-corrected chi connectivity index (χ1v) is 9.22. The molecule has 0 aliphatic carbocycles. The smallest absolute Gasteiger partial charge is 0.191 e. The number of hydrogen-bond donors (Lipinski definition) is 2. The van der Waals surface area contributed by atoms with Gasteiger partial charge in [-0.1, -0.05) is 12.1 Å². The standard InChI is InChI=1S/C15H25N3O3S/c1-12-6-5-7-14(10-12)21-13(2)11-18-15(16-3)17-8-9-22(4,19)20/h5-7,10,13H,8-9,11H2,1-4H3,(H2,16,17,18). The van der Waals surface area contributed by atoms with Crippen molar-refractivity contribution >= 4 is 15.8 Å². The third kappa shape index (κ3) is 7.87. The van der Waals surface area contributed by atoms with E-state index in [9.17, 15) is 8.42 Å². The van der Waals surface area contributed by atoms with Crippen molar-refractivity contribution < 1.29 is 13.2 Å². The first-order valence-electron chi connectivity index (χ1n) is 7.15. The summed E-state index contributed by atoms with van der Waals surface area (Å²) >= 11 is 0. The first kappa shape index (κ1) is 18.3. The molecule has 22 heavy (non-hydrogen) atoms. The van der Waals surface area contributed by atoms with Gasteiger partial charge in [-0.3, -0.25) is 4.99 Å². The fraction of sp³-hybridized carbons (Fsp3) is 0.533. The molecule has 0 fully saturated rings. The molecule has 6 nitrogen and oxygen atoms in total. The average Bonchev–Trinajstić information content (AvgIpc) is 2.41. The van der Waals surface area contributed by atoms with Gasteiger partial charge in [0, 0.05) is 19.8 Å². The number of hydrogen-bond acceptors (Lipinski definition) is 4. The van der Waals surface area contributed by atoms with E-state index in [4.69, 9.17) is 4.74 Å². The van der Waals surface area contributed by atoms with Gasteiger partial charge in [-0.25, -0.2) is 8.42 Å². The quantitative estimate of drug-likeness (QED) is 0.576. The molecule has 1 unspecified atom stereocenters. The van der Waals surface area contributed by atoms with Crippen LogP contribution in [0.5, 0.6) is 5.75 Å². The van der Waals surface area contributed by atoms with E-state index in [-0.39, 0.29) is 11.9 Å². The largest absolute Gasteiger partial charge is 0.489 e. The van der Waals surface area contributed by atoms with Gasteiger partial charge in [0.05, 0.1) is 12.3 Å². The summed E-state index contributed by atoms with van der Waals surface area (Å²) in [6.07, 6.45) is 1.16. The van der Waals surface area contributed by atoms with E-state index < -0.39 is 9.84 Å². The van der Waals surface area contributed by atoms with E-state index in [1.54, 1.807) is 7.05 Å². The molecule has 2 N–H and O–H groups in total. The summed E-state index contributed by atoms with van der Waals surface area (Å²) in [6.45, 7) is 4.86. The van der Waals surface area contributed by atoms with Gasteiger partial charge < -0.3 is 15.4 Å². The number of sulfone groups is 1. The molecule has 7 heteroatoms.